The summed E-state index contributed by atoms with van der Waals surface area (Å²) in [6, 6.07) is 1.40. The van der Waals surface area contributed by atoms with Gasteiger partial charge in [-0.05, 0) is 37.4 Å². The molecule has 0 saturated carbocycles. The van der Waals surface area contributed by atoms with Crippen LogP contribution in [0, 0.1) is 11.2 Å². The van der Waals surface area contributed by atoms with E-state index in [2.05, 4.69) is 22.5 Å². The number of aromatic nitrogens is 1. The Bertz CT molecular complexity index is 430. The number of nitrogens with one attached hydrogen (secondary N) is 2. The van der Waals surface area contributed by atoms with Gasteiger partial charge in [-0.15, -0.1) is 0 Å². The minimum absolute atomic E-state index is 0.0579. The molecule has 1 saturated heterocycles. The Labute approximate surface area is 106 Å². The van der Waals surface area contributed by atoms with E-state index in [-0.39, 0.29) is 16.9 Å². The summed E-state index contributed by atoms with van der Waals surface area (Å²) in [5.74, 6) is -0.944. The molecule has 0 atom stereocenters. The van der Waals surface area contributed by atoms with Crippen molar-refractivity contribution in [2.45, 2.75) is 19.8 Å². The van der Waals surface area contributed by atoms with E-state index in [1.807, 2.05) is 0 Å². The summed E-state index contributed by atoms with van der Waals surface area (Å²) >= 11 is 0. The molecule has 1 aliphatic rings. The summed E-state index contributed by atoms with van der Waals surface area (Å²) in [5, 5.41) is 6.10. The van der Waals surface area contributed by atoms with E-state index in [0.29, 0.717) is 6.54 Å². The van der Waals surface area contributed by atoms with Crippen molar-refractivity contribution in [1.82, 2.24) is 15.6 Å². The fraction of sp³-hybridized carbons (Fsp3) is 0.538. The summed E-state index contributed by atoms with van der Waals surface area (Å²) < 4.78 is 13.4. The van der Waals surface area contributed by atoms with Crippen LogP contribution < -0.4 is 10.6 Å². The lowest BCUT2D eigenvalue weighted by Crippen LogP contribution is -2.43. The lowest BCUT2D eigenvalue weighted by Gasteiger charge is -2.34. The molecule has 1 amide bonds. The Hall–Kier alpha value is -1.49. The zero-order chi connectivity index (χ0) is 13.0. The second kappa shape index (κ2) is 5.44. The number of amides is 1. The SMILES string of the molecule is CC1(CNC(=O)c2ccncc2F)CCNCC1. The fourth-order valence-corrected chi connectivity index (χ4v) is 2.16. The van der Waals surface area contributed by atoms with Crippen molar-refractivity contribution in [3.05, 3.63) is 29.8 Å². The number of piperidine rings is 1. The molecule has 2 N–H and O–H groups in total. The van der Waals surface area contributed by atoms with E-state index in [4.69, 9.17) is 0 Å². The first-order valence-electron chi connectivity index (χ1n) is 6.19. The first-order valence-corrected chi connectivity index (χ1v) is 6.19. The van der Waals surface area contributed by atoms with Crippen LogP contribution in [0.1, 0.15) is 30.1 Å². The smallest absolute Gasteiger partial charge is 0.254 e. The Morgan fingerprint density at radius 1 is 1.56 bits per heavy atom. The summed E-state index contributed by atoms with van der Waals surface area (Å²) in [6.07, 6.45) is 4.52. The highest BCUT2D eigenvalue weighted by Crippen LogP contribution is 2.26. The number of rotatable bonds is 3. The van der Waals surface area contributed by atoms with Gasteiger partial charge in [-0.25, -0.2) is 4.39 Å². The van der Waals surface area contributed by atoms with Crippen LogP contribution in [0.3, 0.4) is 0 Å². The van der Waals surface area contributed by atoms with Crippen molar-refractivity contribution in [1.29, 1.82) is 0 Å². The number of hydrogen-bond donors (Lipinski definition) is 2. The summed E-state index contributed by atoms with van der Waals surface area (Å²) in [6.45, 7) is 4.66. The third-order valence-electron chi connectivity index (χ3n) is 3.50. The first kappa shape index (κ1) is 13.0. The Kier molecular flexibility index (Phi) is 3.91. The minimum atomic E-state index is -0.578. The molecule has 0 radical (unpaired) electrons. The van der Waals surface area contributed by atoms with E-state index in [9.17, 15) is 9.18 Å². The number of halogens is 1. The molecule has 0 unspecified atom stereocenters. The molecule has 1 aromatic rings. The highest BCUT2D eigenvalue weighted by molar-refractivity contribution is 5.94. The Morgan fingerprint density at radius 2 is 2.28 bits per heavy atom. The average Bonchev–Trinajstić information content (AvgIpc) is 2.38. The van der Waals surface area contributed by atoms with Gasteiger partial charge in [0.15, 0.2) is 5.82 Å². The number of nitrogens with zero attached hydrogens (tertiary/aromatic N) is 1. The molecule has 18 heavy (non-hydrogen) atoms. The van der Waals surface area contributed by atoms with Gasteiger partial charge in [0.05, 0.1) is 11.8 Å². The summed E-state index contributed by atoms with van der Waals surface area (Å²) in [7, 11) is 0. The standard InChI is InChI=1S/C13H18FN3O/c1-13(3-6-15-7-4-13)9-17-12(18)10-2-5-16-8-11(10)14/h2,5,8,15H,3-4,6-7,9H2,1H3,(H,17,18). The van der Waals surface area contributed by atoms with Gasteiger partial charge in [0.25, 0.3) is 5.91 Å². The van der Waals surface area contributed by atoms with E-state index in [1.54, 1.807) is 0 Å². The monoisotopic (exact) mass is 251 g/mol. The molecule has 2 rings (SSSR count). The van der Waals surface area contributed by atoms with Crippen molar-refractivity contribution < 1.29 is 9.18 Å². The highest BCUT2D eigenvalue weighted by atomic mass is 19.1. The Balaban J connectivity index is 1.94. The molecule has 4 nitrogen and oxygen atoms in total. The molecule has 98 valence electrons. The van der Waals surface area contributed by atoms with Crippen molar-refractivity contribution in [2.24, 2.45) is 5.41 Å². The van der Waals surface area contributed by atoms with Crippen LogP contribution in [0.4, 0.5) is 4.39 Å². The van der Waals surface area contributed by atoms with Gasteiger partial charge in [-0.3, -0.25) is 9.78 Å². The second-order valence-electron chi connectivity index (χ2n) is 5.10. The quantitative estimate of drug-likeness (QED) is 0.852. The fourth-order valence-electron chi connectivity index (χ4n) is 2.16. The predicted molar refractivity (Wildman–Crippen MR) is 66.7 cm³/mol. The van der Waals surface area contributed by atoms with Crippen molar-refractivity contribution >= 4 is 5.91 Å². The second-order valence-corrected chi connectivity index (χ2v) is 5.10. The van der Waals surface area contributed by atoms with Gasteiger partial charge in [0, 0.05) is 12.7 Å². The molecule has 5 heteroatoms. The molecule has 0 spiro atoms. The molecule has 1 aliphatic heterocycles. The van der Waals surface area contributed by atoms with E-state index in [1.165, 1.54) is 12.3 Å². The van der Waals surface area contributed by atoms with Crippen molar-refractivity contribution in [3.8, 4) is 0 Å². The normalized spacial score (nSPS) is 18.3. The molecular formula is C13H18FN3O. The van der Waals surface area contributed by atoms with Gasteiger partial charge >= 0.3 is 0 Å². The zero-order valence-corrected chi connectivity index (χ0v) is 10.5. The lowest BCUT2D eigenvalue weighted by molar-refractivity contribution is 0.0918. The molecule has 0 bridgehead atoms. The number of carbonyl (C=O) groups excluding carboxylic acids is 1. The maximum Gasteiger partial charge on any atom is 0.254 e. The van der Waals surface area contributed by atoms with Crippen LogP contribution in [-0.4, -0.2) is 30.5 Å². The van der Waals surface area contributed by atoms with Crippen LogP contribution in [0.25, 0.3) is 0 Å². The van der Waals surface area contributed by atoms with Crippen molar-refractivity contribution in [2.75, 3.05) is 19.6 Å². The number of carbonyl (C=O) groups is 1. The molecular weight excluding hydrogens is 233 g/mol. The largest absolute Gasteiger partial charge is 0.351 e. The highest BCUT2D eigenvalue weighted by Gasteiger charge is 2.27. The van der Waals surface area contributed by atoms with Crippen molar-refractivity contribution in [3.63, 3.8) is 0 Å². The maximum absolute atomic E-state index is 13.4. The molecule has 0 aliphatic carbocycles. The number of pyridine rings is 1. The maximum atomic E-state index is 13.4. The molecule has 1 fully saturated rings. The Morgan fingerprint density at radius 3 is 2.94 bits per heavy atom. The van der Waals surface area contributed by atoms with Crippen LogP contribution in [0.2, 0.25) is 0 Å². The van der Waals surface area contributed by atoms with Crippen LogP contribution >= 0.6 is 0 Å². The molecule has 2 heterocycles. The van der Waals surface area contributed by atoms with Gasteiger partial charge < -0.3 is 10.6 Å². The van der Waals surface area contributed by atoms with E-state index < -0.39 is 5.82 Å². The van der Waals surface area contributed by atoms with Gasteiger partial charge in [0.2, 0.25) is 0 Å². The third-order valence-corrected chi connectivity index (χ3v) is 3.50. The van der Waals surface area contributed by atoms with Gasteiger partial charge in [-0.2, -0.15) is 0 Å². The topological polar surface area (TPSA) is 54.0 Å². The minimum Gasteiger partial charge on any atom is -0.351 e. The van der Waals surface area contributed by atoms with Gasteiger partial charge in [-0.1, -0.05) is 6.92 Å². The lowest BCUT2D eigenvalue weighted by atomic mass is 9.81. The van der Waals surface area contributed by atoms with Crippen LogP contribution in [0.15, 0.2) is 18.5 Å². The van der Waals surface area contributed by atoms with Crippen LogP contribution in [0.5, 0.6) is 0 Å². The van der Waals surface area contributed by atoms with E-state index in [0.717, 1.165) is 32.1 Å². The van der Waals surface area contributed by atoms with Crippen LogP contribution in [-0.2, 0) is 0 Å². The van der Waals surface area contributed by atoms with E-state index >= 15 is 0 Å². The summed E-state index contributed by atoms with van der Waals surface area (Å²) in [5.41, 5.74) is 0.160. The molecule has 0 aromatic carbocycles. The molecule has 1 aromatic heterocycles. The third kappa shape index (κ3) is 3.04. The zero-order valence-electron chi connectivity index (χ0n) is 10.5. The summed E-state index contributed by atoms with van der Waals surface area (Å²) in [4.78, 5) is 15.5. The number of hydrogen-bond acceptors (Lipinski definition) is 3. The first-order chi connectivity index (χ1) is 8.61. The average molecular weight is 251 g/mol. The predicted octanol–water partition coefficient (Wildman–Crippen LogP) is 1.34. The van der Waals surface area contributed by atoms with Gasteiger partial charge in [0.1, 0.15) is 0 Å².